The lowest BCUT2D eigenvalue weighted by Gasteiger charge is -2.26. The van der Waals surface area contributed by atoms with Gasteiger partial charge in [0, 0.05) is 11.8 Å². The van der Waals surface area contributed by atoms with Gasteiger partial charge in [-0.25, -0.2) is 5.43 Å². The van der Waals surface area contributed by atoms with Crippen LogP contribution in [0.25, 0.3) is 0 Å². The number of guanidine groups is 1. The minimum Gasteiger partial charge on any atom is -0.369 e. The standard InChI is InChI=1S/C15H15Cl2N5S.ClH/c1-7-2-3-20-10-4-8(9-6-12(16)23-14(9)17)5-11(13(7)10)21-22-15(18)19;/h2-3,6,8H,4-5H2,1H3,(H4,18,19,22);1H/b21-11-;. The quantitative estimate of drug-likeness (QED) is 0.400. The minimum atomic E-state index is -0.195. The van der Waals surface area contributed by atoms with E-state index in [0.717, 1.165) is 34.5 Å². The second kappa shape index (κ2) is 7.70. The lowest BCUT2D eigenvalue weighted by atomic mass is 9.81. The highest BCUT2D eigenvalue weighted by Gasteiger charge is 2.29. The monoisotopic (exact) mass is 403 g/mol. The van der Waals surface area contributed by atoms with Crippen molar-refractivity contribution in [3.63, 3.8) is 0 Å². The van der Waals surface area contributed by atoms with E-state index in [1.807, 2.05) is 19.1 Å². The molecule has 0 radical (unpaired) electrons. The first-order valence-electron chi connectivity index (χ1n) is 7.02. The predicted molar refractivity (Wildman–Crippen MR) is 103 cm³/mol. The number of hydrogen-bond acceptors (Lipinski definition) is 4. The molecule has 2 heterocycles. The maximum atomic E-state index is 7.31. The Bertz CT molecular complexity index is 802. The number of fused-ring (bicyclic) bond motifs is 1. The highest BCUT2D eigenvalue weighted by molar-refractivity contribution is 7.20. The van der Waals surface area contributed by atoms with E-state index < -0.39 is 0 Å². The lowest BCUT2D eigenvalue weighted by Crippen LogP contribution is -2.29. The highest BCUT2D eigenvalue weighted by Crippen LogP contribution is 2.41. The van der Waals surface area contributed by atoms with E-state index in [2.05, 4.69) is 15.5 Å². The predicted octanol–water partition coefficient (Wildman–Crippen LogP) is 4.10. The number of rotatable bonds is 2. The molecule has 4 N–H and O–H groups in total. The van der Waals surface area contributed by atoms with Gasteiger partial charge in [0.05, 0.1) is 20.1 Å². The first-order chi connectivity index (χ1) is 11.0. The van der Waals surface area contributed by atoms with E-state index in [9.17, 15) is 0 Å². The Balaban J connectivity index is 0.00000208. The first-order valence-corrected chi connectivity index (χ1v) is 8.59. The van der Waals surface area contributed by atoms with Gasteiger partial charge in [0.1, 0.15) is 0 Å². The molecule has 24 heavy (non-hydrogen) atoms. The van der Waals surface area contributed by atoms with Crippen LogP contribution in [0.5, 0.6) is 0 Å². The number of aromatic nitrogens is 1. The van der Waals surface area contributed by atoms with Gasteiger partial charge in [-0.3, -0.25) is 10.4 Å². The van der Waals surface area contributed by atoms with Gasteiger partial charge in [0.25, 0.3) is 0 Å². The molecule has 9 heteroatoms. The molecule has 0 saturated carbocycles. The van der Waals surface area contributed by atoms with E-state index in [1.54, 1.807) is 6.20 Å². The van der Waals surface area contributed by atoms with Crippen molar-refractivity contribution in [2.45, 2.75) is 25.7 Å². The number of halogens is 3. The number of nitrogens with one attached hydrogen (secondary N) is 2. The zero-order valence-electron chi connectivity index (χ0n) is 12.8. The summed E-state index contributed by atoms with van der Waals surface area (Å²) >= 11 is 13.8. The number of hydrazone groups is 1. The summed E-state index contributed by atoms with van der Waals surface area (Å²) in [5, 5.41) is 11.6. The average Bonchev–Trinajstić information content (AvgIpc) is 2.83. The number of nitrogens with zero attached hydrogens (tertiary/aromatic N) is 2. The summed E-state index contributed by atoms with van der Waals surface area (Å²) in [5.74, 6) is -0.0418. The molecule has 0 fully saturated rings. The Morgan fingerprint density at radius 1 is 1.46 bits per heavy atom. The first kappa shape index (κ1) is 19.0. The number of nitrogens with two attached hydrogens (primary N) is 1. The summed E-state index contributed by atoms with van der Waals surface area (Å²) < 4.78 is 1.38. The fraction of sp³-hybridized carbons (Fsp3) is 0.267. The Morgan fingerprint density at radius 2 is 2.21 bits per heavy atom. The van der Waals surface area contributed by atoms with Crippen LogP contribution in [0, 0.1) is 12.3 Å². The third kappa shape index (κ3) is 3.83. The molecule has 0 saturated heterocycles. The molecular formula is C15H16Cl3N5S. The number of pyridine rings is 1. The topological polar surface area (TPSA) is 87.2 Å². The summed E-state index contributed by atoms with van der Waals surface area (Å²) in [6, 6.07) is 3.87. The average molecular weight is 405 g/mol. The van der Waals surface area contributed by atoms with Crippen molar-refractivity contribution in [3.8, 4) is 0 Å². The van der Waals surface area contributed by atoms with Gasteiger partial charge in [0.15, 0.2) is 0 Å². The maximum absolute atomic E-state index is 7.31. The third-order valence-corrected chi connectivity index (χ3v) is 5.36. The molecule has 0 amide bonds. The second-order valence-electron chi connectivity index (χ2n) is 5.42. The van der Waals surface area contributed by atoms with Gasteiger partial charge in [0.2, 0.25) is 5.96 Å². The van der Waals surface area contributed by atoms with E-state index in [0.29, 0.717) is 15.1 Å². The zero-order valence-corrected chi connectivity index (χ0v) is 15.9. The number of thiophene rings is 1. The van der Waals surface area contributed by atoms with Gasteiger partial charge in [-0.2, -0.15) is 5.10 Å². The van der Waals surface area contributed by atoms with Crippen molar-refractivity contribution in [1.82, 2.24) is 10.4 Å². The Kier molecular flexibility index (Phi) is 6.09. The Morgan fingerprint density at radius 3 is 2.83 bits per heavy atom. The molecule has 0 spiro atoms. The molecule has 1 atom stereocenters. The van der Waals surface area contributed by atoms with Crippen LogP contribution in [-0.4, -0.2) is 16.7 Å². The van der Waals surface area contributed by atoms with Crippen molar-refractivity contribution in [3.05, 3.63) is 49.4 Å². The molecule has 128 valence electrons. The molecule has 5 nitrogen and oxygen atoms in total. The molecule has 3 rings (SSSR count). The molecule has 0 aliphatic heterocycles. The molecule has 0 bridgehead atoms. The summed E-state index contributed by atoms with van der Waals surface area (Å²) in [5.41, 5.74) is 12.8. The normalized spacial score (nSPS) is 18.0. The maximum Gasteiger partial charge on any atom is 0.206 e. The van der Waals surface area contributed by atoms with Crippen LogP contribution >= 0.6 is 46.9 Å². The van der Waals surface area contributed by atoms with Gasteiger partial charge in [-0.15, -0.1) is 23.7 Å². The van der Waals surface area contributed by atoms with Gasteiger partial charge in [-0.1, -0.05) is 23.2 Å². The van der Waals surface area contributed by atoms with Gasteiger partial charge in [-0.05, 0) is 48.9 Å². The third-order valence-electron chi connectivity index (χ3n) is 3.84. The summed E-state index contributed by atoms with van der Waals surface area (Å²) in [6.07, 6.45) is 3.27. The largest absolute Gasteiger partial charge is 0.369 e. The smallest absolute Gasteiger partial charge is 0.206 e. The van der Waals surface area contributed by atoms with E-state index in [4.69, 9.17) is 34.3 Å². The van der Waals surface area contributed by atoms with Crippen LogP contribution in [0.15, 0.2) is 23.4 Å². The summed E-state index contributed by atoms with van der Waals surface area (Å²) in [7, 11) is 0. The van der Waals surface area contributed by atoms with E-state index in [-0.39, 0.29) is 24.3 Å². The van der Waals surface area contributed by atoms with E-state index >= 15 is 0 Å². The van der Waals surface area contributed by atoms with Crippen LogP contribution in [0.1, 0.15) is 34.7 Å². The van der Waals surface area contributed by atoms with Crippen molar-refractivity contribution in [1.29, 1.82) is 5.41 Å². The fourth-order valence-corrected chi connectivity index (χ4v) is 4.51. The van der Waals surface area contributed by atoms with Crippen LogP contribution in [0.2, 0.25) is 8.67 Å². The molecule has 1 aliphatic rings. The van der Waals surface area contributed by atoms with Crippen LogP contribution in [0.4, 0.5) is 0 Å². The number of hydrogen-bond donors (Lipinski definition) is 3. The summed E-state index contributed by atoms with van der Waals surface area (Å²) in [4.78, 5) is 4.50. The Labute approximate surface area is 160 Å². The molecule has 1 aliphatic carbocycles. The minimum absolute atomic E-state index is 0. The van der Waals surface area contributed by atoms with Crippen molar-refractivity contribution < 1.29 is 0 Å². The zero-order chi connectivity index (χ0) is 16.6. The lowest BCUT2D eigenvalue weighted by molar-refractivity contribution is 0.677. The molecule has 2 aromatic heterocycles. The molecular weight excluding hydrogens is 389 g/mol. The molecule has 2 aromatic rings. The molecule has 0 aromatic carbocycles. The second-order valence-corrected chi connectivity index (χ2v) is 7.70. The summed E-state index contributed by atoms with van der Waals surface area (Å²) in [6.45, 7) is 2.03. The van der Waals surface area contributed by atoms with Gasteiger partial charge >= 0.3 is 0 Å². The number of aryl methyl sites for hydroxylation is 1. The van der Waals surface area contributed by atoms with Crippen LogP contribution in [0.3, 0.4) is 0 Å². The highest BCUT2D eigenvalue weighted by atomic mass is 35.5. The van der Waals surface area contributed by atoms with Crippen LogP contribution < -0.4 is 11.2 Å². The molecule has 1 unspecified atom stereocenters. The Hall–Kier alpha value is -1.34. The van der Waals surface area contributed by atoms with Crippen molar-refractivity contribution in [2.24, 2.45) is 10.8 Å². The SMILES string of the molecule is Cc1ccnc2c1/C(=N\NC(=N)N)CC(c1cc(Cl)sc1Cl)C2.Cl. The fourth-order valence-electron chi connectivity index (χ4n) is 2.88. The van der Waals surface area contributed by atoms with Crippen molar-refractivity contribution >= 4 is 58.6 Å². The van der Waals surface area contributed by atoms with Crippen LogP contribution in [-0.2, 0) is 6.42 Å². The van der Waals surface area contributed by atoms with Crippen molar-refractivity contribution in [2.75, 3.05) is 0 Å². The van der Waals surface area contributed by atoms with E-state index in [1.165, 1.54) is 11.3 Å². The van der Waals surface area contributed by atoms with Gasteiger partial charge < -0.3 is 5.73 Å².